The number of ether oxygens (including phenoxy) is 3. The predicted octanol–water partition coefficient (Wildman–Crippen LogP) is 1.81. The maximum absolute atomic E-state index is 12.1. The number of hydrogen-bond acceptors (Lipinski definition) is 8. The first-order chi connectivity index (χ1) is 15.9. The number of aliphatic carboxylic acids is 1. The van der Waals surface area contributed by atoms with Gasteiger partial charge in [-0.2, -0.15) is 13.2 Å². The number of aromatic amines is 1. The first-order valence-corrected chi connectivity index (χ1v) is 10.8. The first kappa shape index (κ1) is 29.4. The molecule has 0 aromatic carbocycles. The second kappa shape index (κ2) is 13.9. The van der Waals surface area contributed by atoms with Crippen LogP contribution >= 0.6 is 15.9 Å². The van der Waals surface area contributed by atoms with E-state index in [1.165, 1.54) is 17.0 Å². The third-order valence-corrected chi connectivity index (χ3v) is 4.97. The number of carbonyl (C=O) groups excluding carboxylic acids is 1. The molecule has 2 rings (SSSR count). The van der Waals surface area contributed by atoms with E-state index in [4.69, 9.17) is 29.8 Å². The average Bonchev–Trinajstić information content (AvgIpc) is 3.14. The lowest BCUT2D eigenvalue weighted by Crippen LogP contribution is -2.32. The van der Waals surface area contributed by atoms with Crippen LogP contribution in [0.3, 0.4) is 0 Å². The Hall–Kier alpha value is -2.65. The summed E-state index contributed by atoms with van der Waals surface area (Å²) in [7, 11) is 0. The maximum Gasteiger partial charge on any atom is 0.490 e. The quantitative estimate of drug-likeness (QED) is 0.220. The number of halogens is 4. The Morgan fingerprint density at radius 2 is 2.00 bits per heavy atom. The Morgan fingerprint density at radius 1 is 1.35 bits per heavy atom. The molecule has 192 valence electrons. The van der Waals surface area contributed by atoms with E-state index in [0.717, 1.165) is 12.8 Å². The van der Waals surface area contributed by atoms with E-state index in [2.05, 4.69) is 27.5 Å². The number of esters is 1. The smallest absolute Gasteiger partial charge is 0.490 e. The number of nitrogens with zero attached hydrogens (tertiary/aromatic N) is 1. The van der Waals surface area contributed by atoms with Gasteiger partial charge in [0.05, 0.1) is 10.7 Å². The summed E-state index contributed by atoms with van der Waals surface area (Å²) in [5.41, 5.74) is 4.30. The van der Waals surface area contributed by atoms with Crippen LogP contribution in [0.1, 0.15) is 38.3 Å². The van der Waals surface area contributed by atoms with Crippen molar-refractivity contribution in [1.29, 1.82) is 0 Å². The molecule has 1 aromatic rings. The Balaban J connectivity index is 0.000000718. The highest BCUT2D eigenvalue weighted by molar-refractivity contribution is 9.10. The summed E-state index contributed by atoms with van der Waals surface area (Å²) in [5, 5.41) is 7.12. The van der Waals surface area contributed by atoms with Crippen molar-refractivity contribution in [3.8, 4) is 0 Å². The summed E-state index contributed by atoms with van der Waals surface area (Å²) in [4.78, 5) is 46.8. The zero-order chi connectivity index (χ0) is 25.9. The van der Waals surface area contributed by atoms with Gasteiger partial charge in [0, 0.05) is 19.0 Å². The van der Waals surface area contributed by atoms with Crippen molar-refractivity contribution >= 4 is 27.9 Å². The fourth-order valence-corrected chi connectivity index (χ4v) is 3.12. The molecule has 0 aliphatic carbocycles. The van der Waals surface area contributed by atoms with Crippen LogP contribution in [-0.2, 0) is 23.8 Å². The monoisotopic (exact) mass is 559 g/mol. The molecule has 4 N–H and O–H groups in total. The Bertz CT molecular complexity index is 950. The molecule has 3 atom stereocenters. The van der Waals surface area contributed by atoms with E-state index >= 15 is 0 Å². The predicted molar refractivity (Wildman–Crippen MR) is 115 cm³/mol. The van der Waals surface area contributed by atoms with Gasteiger partial charge in [-0.1, -0.05) is 13.0 Å². The molecule has 1 saturated heterocycles. The number of carboxylic acids is 1. The van der Waals surface area contributed by atoms with Crippen LogP contribution < -0.4 is 17.0 Å². The first-order valence-electron chi connectivity index (χ1n) is 9.99. The van der Waals surface area contributed by atoms with Gasteiger partial charge in [0.15, 0.2) is 0 Å². The molecule has 0 amide bonds. The van der Waals surface area contributed by atoms with Crippen LogP contribution in [0.25, 0.3) is 0 Å². The zero-order valence-electron chi connectivity index (χ0n) is 17.9. The molecule has 34 heavy (non-hydrogen) atoms. The summed E-state index contributed by atoms with van der Waals surface area (Å²) in [6.45, 7) is 4.21. The van der Waals surface area contributed by atoms with Crippen LogP contribution in [0.4, 0.5) is 13.2 Å². The second-order valence-electron chi connectivity index (χ2n) is 6.94. The minimum Gasteiger partial charge on any atom is -0.499 e. The molecule has 15 heteroatoms. The normalized spacial score (nSPS) is 19.6. The van der Waals surface area contributed by atoms with Gasteiger partial charge >= 0.3 is 23.8 Å². The molecule has 2 heterocycles. The highest BCUT2D eigenvalue weighted by atomic mass is 79.9. The minimum atomic E-state index is -5.08. The molecule has 11 nitrogen and oxygen atoms in total. The Morgan fingerprint density at radius 3 is 2.56 bits per heavy atom. The summed E-state index contributed by atoms with van der Waals surface area (Å²) < 4.78 is 49.7. The molecule has 1 aromatic heterocycles. The fourth-order valence-electron chi connectivity index (χ4n) is 2.80. The maximum atomic E-state index is 12.1. The van der Waals surface area contributed by atoms with Crippen LogP contribution in [0, 0.1) is 0 Å². The average molecular weight is 560 g/mol. The number of aromatic nitrogens is 2. The second-order valence-corrected chi connectivity index (χ2v) is 7.79. The van der Waals surface area contributed by atoms with Crippen molar-refractivity contribution in [2.24, 2.45) is 5.73 Å². The third-order valence-electron chi connectivity index (χ3n) is 4.40. The summed E-state index contributed by atoms with van der Waals surface area (Å²) in [6.07, 6.45) is -1.31. The van der Waals surface area contributed by atoms with Gasteiger partial charge in [0.2, 0.25) is 0 Å². The standard InChI is InChI=1S/C17H24BrN3O6.C2HF3O2/c1-2-25-10-13-12(27-15(22)6-4-3-5-7-19)8-14(26-13)21-9-11(18)16(23)20-17(21)24;3-2(4,5)1(6)7/h2,9,12-14H,1,3-8,10,19H2,(H,20,23,24);(H,6,7)/t12-,13+,14+;/m0./s1. The lowest BCUT2D eigenvalue weighted by atomic mass is 10.1. The highest BCUT2D eigenvalue weighted by Crippen LogP contribution is 2.31. The van der Waals surface area contributed by atoms with Crippen LogP contribution in [0.5, 0.6) is 0 Å². The Labute approximate surface area is 199 Å². The molecule has 0 saturated carbocycles. The van der Waals surface area contributed by atoms with E-state index in [1.807, 2.05) is 0 Å². The van der Waals surface area contributed by atoms with Crippen molar-refractivity contribution in [2.75, 3.05) is 13.2 Å². The lowest BCUT2D eigenvalue weighted by Gasteiger charge is -2.18. The summed E-state index contributed by atoms with van der Waals surface area (Å²) in [5.74, 6) is -3.09. The van der Waals surface area contributed by atoms with Crippen molar-refractivity contribution in [3.05, 3.63) is 44.3 Å². The van der Waals surface area contributed by atoms with E-state index in [-0.39, 0.29) is 23.5 Å². The van der Waals surface area contributed by atoms with Gasteiger partial charge in [0.1, 0.15) is 25.0 Å². The number of unbranched alkanes of at least 4 members (excludes halogenated alkanes) is 2. The van der Waals surface area contributed by atoms with Crippen molar-refractivity contribution in [2.45, 2.75) is 56.7 Å². The van der Waals surface area contributed by atoms with Gasteiger partial charge < -0.3 is 25.1 Å². The third kappa shape index (κ3) is 9.69. The van der Waals surface area contributed by atoms with Gasteiger partial charge in [-0.25, -0.2) is 9.59 Å². The van der Waals surface area contributed by atoms with Crippen LogP contribution in [0.2, 0.25) is 0 Å². The van der Waals surface area contributed by atoms with Crippen molar-refractivity contribution in [1.82, 2.24) is 9.55 Å². The van der Waals surface area contributed by atoms with E-state index in [1.54, 1.807) is 0 Å². The number of nitrogens with two attached hydrogens (primary N) is 1. The molecule has 0 bridgehead atoms. The molecule has 1 aliphatic rings. The Kier molecular flexibility index (Phi) is 12.0. The molecular weight excluding hydrogens is 535 g/mol. The number of rotatable bonds is 10. The van der Waals surface area contributed by atoms with Crippen molar-refractivity contribution < 1.29 is 42.1 Å². The number of nitrogens with one attached hydrogen (secondary N) is 1. The molecule has 1 fully saturated rings. The number of carbonyl (C=O) groups is 2. The fraction of sp³-hybridized carbons (Fsp3) is 0.579. The summed E-state index contributed by atoms with van der Waals surface area (Å²) in [6, 6.07) is 0. The molecule has 1 aliphatic heterocycles. The largest absolute Gasteiger partial charge is 0.499 e. The van der Waals surface area contributed by atoms with Crippen molar-refractivity contribution in [3.63, 3.8) is 0 Å². The highest BCUT2D eigenvalue weighted by Gasteiger charge is 2.40. The number of carboxylic acid groups (broad SMARTS) is 1. The number of alkyl halides is 3. The number of hydrogen-bond donors (Lipinski definition) is 3. The zero-order valence-corrected chi connectivity index (χ0v) is 19.5. The van der Waals surface area contributed by atoms with Gasteiger partial charge in [-0.3, -0.25) is 19.1 Å². The topological polar surface area (TPSA) is 163 Å². The van der Waals surface area contributed by atoms with Gasteiger partial charge in [-0.15, -0.1) is 0 Å². The van der Waals surface area contributed by atoms with E-state index in [9.17, 15) is 27.6 Å². The summed E-state index contributed by atoms with van der Waals surface area (Å²) >= 11 is 3.09. The van der Waals surface area contributed by atoms with E-state index < -0.39 is 41.8 Å². The van der Waals surface area contributed by atoms with Gasteiger partial charge in [0.25, 0.3) is 5.56 Å². The molecule has 0 unspecified atom stereocenters. The number of H-pyrrole nitrogens is 1. The minimum absolute atomic E-state index is 0.129. The molecule has 0 radical (unpaired) electrons. The lowest BCUT2D eigenvalue weighted by molar-refractivity contribution is -0.192. The van der Waals surface area contributed by atoms with Gasteiger partial charge in [-0.05, 0) is 35.3 Å². The van der Waals surface area contributed by atoms with E-state index in [0.29, 0.717) is 19.4 Å². The molecule has 0 spiro atoms. The van der Waals surface area contributed by atoms with Crippen LogP contribution in [0.15, 0.2) is 33.1 Å². The SMILES string of the molecule is C=COC[C@H]1O[C@@H](n2cc(Br)c(=O)[nH]c2=O)C[C@@H]1OC(=O)CCCCCN.O=C(O)C(F)(F)F. The van der Waals surface area contributed by atoms with Crippen LogP contribution in [-0.4, -0.2) is 58.1 Å². The molecular formula is C19H25BrF3N3O8.